The number of morpholine rings is 1. The quantitative estimate of drug-likeness (QED) is 0.551. The molecule has 2 aromatic carbocycles. The number of hydrogen-bond donors (Lipinski definition) is 0. The Morgan fingerprint density at radius 3 is 2.75 bits per heavy atom. The highest BCUT2D eigenvalue weighted by Crippen LogP contribution is 2.22. The van der Waals surface area contributed by atoms with Crippen LogP contribution in [0.5, 0.6) is 0 Å². The Balaban J connectivity index is 1.32. The molecule has 1 fully saturated rings. The molecule has 0 amide bonds. The maximum absolute atomic E-state index is 6.31. The minimum absolute atomic E-state index is 0.142. The zero-order valence-electron chi connectivity index (χ0n) is 15.4. The number of halogens is 1. The van der Waals surface area contributed by atoms with Gasteiger partial charge in [-0.25, -0.2) is 4.68 Å². The SMILES string of the molecule is Clc1ccccc1CN1CCO[C@H](CSc2nnnn2Cc2ccccc2)C1. The first kappa shape index (κ1) is 19.4. The molecule has 1 atom stereocenters. The van der Waals surface area contributed by atoms with Gasteiger partial charge < -0.3 is 4.74 Å². The van der Waals surface area contributed by atoms with Gasteiger partial charge in [0.15, 0.2) is 0 Å². The van der Waals surface area contributed by atoms with E-state index in [1.807, 2.05) is 41.1 Å². The van der Waals surface area contributed by atoms with Gasteiger partial charge >= 0.3 is 0 Å². The molecule has 0 radical (unpaired) electrons. The summed E-state index contributed by atoms with van der Waals surface area (Å²) in [6.45, 7) is 4.03. The molecule has 3 aromatic rings. The zero-order valence-corrected chi connectivity index (χ0v) is 17.0. The fourth-order valence-electron chi connectivity index (χ4n) is 3.22. The number of nitrogens with zero attached hydrogens (tertiary/aromatic N) is 5. The van der Waals surface area contributed by atoms with Crippen LogP contribution in [0, 0.1) is 0 Å². The van der Waals surface area contributed by atoms with Gasteiger partial charge in [-0.15, -0.1) is 5.10 Å². The highest BCUT2D eigenvalue weighted by Gasteiger charge is 2.22. The maximum atomic E-state index is 6.31. The molecule has 1 aliphatic rings. The fourth-order valence-corrected chi connectivity index (χ4v) is 4.29. The van der Waals surface area contributed by atoms with E-state index in [1.165, 1.54) is 5.56 Å². The third kappa shape index (κ3) is 5.11. The van der Waals surface area contributed by atoms with E-state index in [1.54, 1.807) is 11.8 Å². The Morgan fingerprint density at radius 2 is 1.89 bits per heavy atom. The Hall–Kier alpha value is -1.93. The largest absolute Gasteiger partial charge is 0.375 e. The van der Waals surface area contributed by atoms with Crippen LogP contribution >= 0.6 is 23.4 Å². The molecule has 8 heteroatoms. The first-order valence-corrected chi connectivity index (χ1v) is 10.6. The summed E-state index contributed by atoms with van der Waals surface area (Å²) in [6.07, 6.45) is 0.142. The summed E-state index contributed by atoms with van der Waals surface area (Å²) in [5.41, 5.74) is 2.33. The summed E-state index contributed by atoms with van der Waals surface area (Å²) >= 11 is 7.95. The van der Waals surface area contributed by atoms with Crippen molar-refractivity contribution in [2.75, 3.05) is 25.4 Å². The molecule has 1 saturated heterocycles. The number of rotatable bonds is 7. The van der Waals surface area contributed by atoms with Crippen molar-refractivity contribution in [1.82, 2.24) is 25.1 Å². The summed E-state index contributed by atoms with van der Waals surface area (Å²) in [4.78, 5) is 2.39. The molecule has 28 heavy (non-hydrogen) atoms. The van der Waals surface area contributed by atoms with Crippen LogP contribution in [0.1, 0.15) is 11.1 Å². The Kier molecular flexibility index (Phi) is 6.59. The third-order valence-corrected chi connectivity index (χ3v) is 6.11. The molecule has 0 N–H and O–H groups in total. The second-order valence-electron chi connectivity index (χ2n) is 6.74. The molecule has 2 heterocycles. The van der Waals surface area contributed by atoms with Gasteiger partial charge in [-0.05, 0) is 27.6 Å². The first-order chi connectivity index (χ1) is 13.8. The van der Waals surface area contributed by atoms with Crippen LogP contribution < -0.4 is 0 Å². The van der Waals surface area contributed by atoms with Crippen LogP contribution in [-0.4, -0.2) is 56.7 Å². The van der Waals surface area contributed by atoms with Crippen LogP contribution in [-0.2, 0) is 17.8 Å². The molecule has 0 spiro atoms. The second-order valence-corrected chi connectivity index (χ2v) is 8.13. The topological polar surface area (TPSA) is 56.1 Å². The van der Waals surface area contributed by atoms with Crippen molar-refractivity contribution in [3.05, 3.63) is 70.7 Å². The minimum Gasteiger partial charge on any atom is -0.375 e. The van der Waals surface area contributed by atoms with Crippen molar-refractivity contribution < 1.29 is 4.74 Å². The van der Waals surface area contributed by atoms with Gasteiger partial charge in [-0.1, -0.05) is 71.9 Å². The predicted octanol–water partition coefficient (Wildman–Crippen LogP) is 3.37. The number of tetrazole rings is 1. The number of aromatic nitrogens is 4. The molecule has 0 saturated carbocycles. The lowest BCUT2D eigenvalue weighted by Gasteiger charge is -2.32. The van der Waals surface area contributed by atoms with Crippen molar-refractivity contribution >= 4 is 23.4 Å². The van der Waals surface area contributed by atoms with Crippen LogP contribution in [0.3, 0.4) is 0 Å². The molecule has 1 aliphatic heterocycles. The van der Waals surface area contributed by atoms with Gasteiger partial charge in [0.2, 0.25) is 5.16 Å². The highest BCUT2D eigenvalue weighted by atomic mass is 35.5. The molecule has 0 bridgehead atoms. The molecule has 0 unspecified atom stereocenters. The summed E-state index contributed by atoms with van der Waals surface area (Å²) in [5, 5.41) is 13.8. The minimum atomic E-state index is 0.142. The van der Waals surface area contributed by atoms with Gasteiger partial charge in [0.25, 0.3) is 0 Å². The maximum Gasteiger partial charge on any atom is 0.209 e. The highest BCUT2D eigenvalue weighted by molar-refractivity contribution is 7.99. The van der Waals surface area contributed by atoms with Gasteiger partial charge in [-0.2, -0.15) is 0 Å². The number of ether oxygens (including phenoxy) is 1. The lowest BCUT2D eigenvalue weighted by molar-refractivity contribution is -0.0187. The van der Waals surface area contributed by atoms with Crippen LogP contribution in [0.4, 0.5) is 0 Å². The molecule has 1 aromatic heterocycles. The van der Waals surface area contributed by atoms with Crippen molar-refractivity contribution in [1.29, 1.82) is 0 Å². The number of benzene rings is 2. The van der Waals surface area contributed by atoms with Crippen LogP contribution in [0.25, 0.3) is 0 Å². The first-order valence-electron chi connectivity index (χ1n) is 9.28. The lowest BCUT2D eigenvalue weighted by Crippen LogP contribution is -2.43. The van der Waals surface area contributed by atoms with E-state index >= 15 is 0 Å². The average molecular weight is 416 g/mol. The van der Waals surface area contributed by atoms with Crippen molar-refractivity contribution in [2.45, 2.75) is 24.3 Å². The smallest absolute Gasteiger partial charge is 0.209 e. The van der Waals surface area contributed by atoms with Crippen molar-refractivity contribution in [3.63, 3.8) is 0 Å². The van der Waals surface area contributed by atoms with E-state index in [2.05, 4.69) is 38.6 Å². The monoisotopic (exact) mass is 415 g/mol. The summed E-state index contributed by atoms with van der Waals surface area (Å²) in [5.74, 6) is 0.814. The van der Waals surface area contributed by atoms with Gasteiger partial charge in [0, 0.05) is 30.4 Å². The van der Waals surface area contributed by atoms with Gasteiger partial charge in [0.1, 0.15) is 0 Å². The van der Waals surface area contributed by atoms with Crippen LogP contribution in [0.15, 0.2) is 59.8 Å². The Labute approximate surface area is 173 Å². The van der Waals surface area contributed by atoms with E-state index in [4.69, 9.17) is 16.3 Å². The normalized spacial score (nSPS) is 17.7. The summed E-state index contributed by atoms with van der Waals surface area (Å²) in [6, 6.07) is 18.2. The van der Waals surface area contributed by atoms with E-state index in [9.17, 15) is 0 Å². The second kappa shape index (κ2) is 9.52. The zero-order chi connectivity index (χ0) is 19.2. The van der Waals surface area contributed by atoms with E-state index in [-0.39, 0.29) is 6.10 Å². The number of thioether (sulfide) groups is 1. The Bertz CT molecular complexity index is 891. The molecule has 0 aliphatic carbocycles. The average Bonchev–Trinajstić information content (AvgIpc) is 3.16. The predicted molar refractivity (Wildman–Crippen MR) is 111 cm³/mol. The molecule has 6 nitrogen and oxygen atoms in total. The molecule has 146 valence electrons. The molecular weight excluding hydrogens is 394 g/mol. The number of hydrogen-bond acceptors (Lipinski definition) is 6. The van der Waals surface area contributed by atoms with Gasteiger partial charge in [-0.3, -0.25) is 4.90 Å². The fraction of sp³-hybridized carbons (Fsp3) is 0.350. The lowest BCUT2D eigenvalue weighted by atomic mass is 10.2. The molecular formula is C20H22ClN5OS. The van der Waals surface area contributed by atoms with E-state index in [0.29, 0.717) is 6.54 Å². The standard InChI is InChI=1S/C20H22ClN5OS/c21-19-9-5-4-8-17(19)13-25-10-11-27-18(14-25)15-28-20-22-23-24-26(20)12-16-6-2-1-3-7-16/h1-9,18H,10-15H2/t18-/m0/s1. The molecule has 4 rings (SSSR count). The van der Waals surface area contributed by atoms with E-state index in [0.717, 1.165) is 47.7 Å². The Morgan fingerprint density at radius 1 is 1.07 bits per heavy atom. The summed E-state index contributed by atoms with van der Waals surface area (Å²) in [7, 11) is 0. The van der Waals surface area contributed by atoms with E-state index < -0.39 is 0 Å². The van der Waals surface area contributed by atoms with Crippen LogP contribution in [0.2, 0.25) is 5.02 Å². The van der Waals surface area contributed by atoms with Gasteiger partial charge in [0.05, 0.1) is 19.3 Å². The van der Waals surface area contributed by atoms with Crippen molar-refractivity contribution in [3.8, 4) is 0 Å². The third-order valence-electron chi connectivity index (χ3n) is 4.65. The summed E-state index contributed by atoms with van der Waals surface area (Å²) < 4.78 is 7.80. The van der Waals surface area contributed by atoms with Crippen molar-refractivity contribution in [2.24, 2.45) is 0 Å².